The summed E-state index contributed by atoms with van der Waals surface area (Å²) in [6, 6.07) is 10.8. The second-order valence-electron chi connectivity index (χ2n) is 3.84. The standard InChI is InChI=1S/C15H16OS.Sm/c1-12(2)9-10-17-15(13(3)11-16)14-7-5-4-6-8-14;/h4-7,9,11H,3,10H2,1-2H3;/q-2;/b15-13-;. The second-order valence-corrected chi connectivity index (χ2v) is 4.87. The van der Waals surface area contributed by atoms with Crippen molar-refractivity contribution in [1.82, 2.24) is 0 Å². The van der Waals surface area contributed by atoms with Crippen LogP contribution >= 0.6 is 11.8 Å². The number of carbonyl (C=O) groups excluding carboxylic acids is 1. The molecule has 1 nitrogen and oxygen atoms in total. The van der Waals surface area contributed by atoms with Gasteiger partial charge in [0.05, 0.1) is 0 Å². The summed E-state index contributed by atoms with van der Waals surface area (Å²) in [5.74, 6) is 0.841. The van der Waals surface area contributed by atoms with Crippen LogP contribution < -0.4 is 0 Å². The van der Waals surface area contributed by atoms with Gasteiger partial charge in [0.1, 0.15) is 0 Å². The van der Waals surface area contributed by atoms with E-state index in [9.17, 15) is 4.79 Å². The molecule has 0 aromatic heterocycles. The monoisotopic (exact) mass is 396 g/mol. The van der Waals surface area contributed by atoms with Gasteiger partial charge in [-0.3, -0.25) is 0 Å². The minimum absolute atomic E-state index is 0. The van der Waals surface area contributed by atoms with Gasteiger partial charge in [0.15, 0.2) is 0 Å². The van der Waals surface area contributed by atoms with Gasteiger partial charge in [0.25, 0.3) is 0 Å². The Morgan fingerprint density at radius 1 is 1.44 bits per heavy atom. The summed E-state index contributed by atoms with van der Waals surface area (Å²) in [6.07, 6.45) is 2.93. The van der Waals surface area contributed by atoms with Gasteiger partial charge in [0.2, 0.25) is 0 Å². The van der Waals surface area contributed by atoms with E-state index in [1.807, 2.05) is 24.3 Å². The van der Waals surface area contributed by atoms with Gasteiger partial charge in [0, 0.05) is 52.4 Å². The predicted octanol–water partition coefficient (Wildman–Crippen LogP) is 3.93. The Balaban J connectivity index is 0.00000289. The number of hydrogen-bond acceptors (Lipinski definition) is 2. The maximum Gasteiger partial charge on any atom is 0.0404 e. The van der Waals surface area contributed by atoms with Crippen LogP contribution in [-0.4, -0.2) is 12.0 Å². The van der Waals surface area contributed by atoms with Crippen molar-refractivity contribution >= 4 is 23.0 Å². The molecule has 0 unspecified atom stereocenters. The molecule has 0 aliphatic heterocycles. The van der Waals surface area contributed by atoms with Crippen LogP contribution in [-0.2, 0) is 4.79 Å². The third kappa shape index (κ3) is 6.20. The number of carbonyl (C=O) groups is 1. The normalized spacial score (nSPS) is 11.0. The number of hydrogen-bond donors (Lipinski definition) is 0. The fourth-order valence-corrected chi connectivity index (χ4v) is 2.32. The average Bonchev–Trinajstić information content (AvgIpc) is 2.34. The van der Waals surface area contributed by atoms with E-state index in [0.29, 0.717) is 5.57 Å². The number of benzene rings is 1. The van der Waals surface area contributed by atoms with Crippen LogP contribution in [0.4, 0.5) is 0 Å². The van der Waals surface area contributed by atoms with Gasteiger partial charge in [-0.1, -0.05) is 16.6 Å². The van der Waals surface area contributed by atoms with Crippen LogP contribution in [0.1, 0.15) is 19.4 Å². The average molecular weight is 395 g/mol. The minimum atomic E-state index is 0. The molecule has 3 heteroatoms. The van der Waals surface area contributed by atoms with E-state index in [2.05, 4.69) is 32.9 Å². The van der Waals surface area contributed by atoms with Gasteiger partial charge < -0.3 is 4.79 Å². The van der Waals surface area contributed by atoms with E-state index >= 15 is 0 Å². The maximum absolute atomic E-state index is 10.9. The molecule has 96 valence electrons. The Labute approximate surface area is 146 Å². The van der Waals surface area contributed by atoms with E-state index in [0.717, 1.165) is 22.5 Å². The Hall–Kier alpha value is -0.0723. The zero-order chi connectivity index (χ0) is 12.7. The van der Waals surface area contributed by atoms with Crippen molar-refractivity contribution in [2.24, 2.45) is 0 Å². The topological polar surface area (TPSA) is 17.1 Å². The first-order valence-electron chi connectivity index (χ1n) is 5.40. The molecule has 0 amide bonds. The molecule has 1 aromatic rings. The first-order valence-corrected chi connectivity index (χ1v) is 6.38. The molecule has 0 aliphatic carbocycles. The quantitative estimate of drug-likeness (QED) is 0.326. The molecule has 0 heterocycles. The van der Waals surface area contributed by atoms with Crippen LogP contribution in [0.5, 0.6) is 0 Å². The van der Waals surface area contributed by atoms with Crippen LogP contribution in [0.25, 0.3) is 4.91 Å². The van der Waals surface area contributed by atoms with Crippen molar-refractivity contribution in [3.05, 3.63) is 60.0 Å². The largest absolute Gasteiger partial charge is 0.374 e. The molecule has 0 atom stereocenters. The van der Waals surface area contributed by atoms with Crippen LogP contribution in [0.15, 0.2) is 41.5 Å². The van der Waals surface area contributed by atoms with Crippen LogP contribution in [0.2, 0.25) is 0 Å². The molecule has 0 spiro atoms. The number of aldehydes is 1. The molecule has 0 N–H and O–H groups in total. The molecular weight excluding hydrogens is 379 g/mol. The third-order valence-corrected chi connectivity index (χ3v) is 3.21. The van der Waals surface area contributed by atoms with E-state index in [4.69, 9.17) is 0 Å². The molecule has 18 heavy (non-hydrogen) atoms. The summed E-state index contributed by atoms with van der Waals surface area (Å²) in [4.78, 5) is 11.8. The van der Waals surface area contributed by atoms with Gasteiger partial charge in [-0.15, -0.1) is 41.5 Å². The zero-order valence-corrected chi connectivity index (χ0v) is 14.0. The first kappa shape index (κ1) is 17.9. The summed E-state index contributed by atoms with van der Waals surface area (Å²) in [5.41, 5.74) is 2.71. The molecule has 0 aliphatic rings. The predicted molar refractivity (Wildman–Crippen MR) is 75.5 cm³/mol. The molecular formula is C15H16OSSm-2. The van der Waals surface area contributed by atoms with Crippen molar-refractivity contribution in [3.8, 4) is 0 Å². The van der Waals surface area contributed by atoms with Gasteiger partial charge in [-0.25, -0.2) is 0 Å². The first-order chi connectivity index (χ1) is 8.15. The van der Waals surface area contributed by atoms with Gasteiger partial charge >= 0.3 is 0 Å². The van der Waals surface area contributed by atoms with Gasteiger partial charge in [-0.05, 0) is 13.8 Å². The number of rotatable bonds is 5. The fourth-order valence-electron chi connectivity index (χ4n) is 1.22. The van der Waals surface area contributed by atoms with Crippen LogP contribution in [0.3, 0.4) is 0 Å². The molecule has 0 saturated carbocycles. The van der Waals surface area contributed by atoms with Crippen molar-refractivity contribution in [2.45, 2.75) is 13.8 Å². The second kappa shape index (κ2) is 9.81. The molecule has 0 bridgehead atoms. The summed E-state index contributed by atoms with van der Waals surface area (Å²) >= 11 is 1.61. The van der Waals surface area contributed by atoms with Crippen molar-refractivity contribution in [1.29, 1.82) is 0 Å². The van der Waals surface area contributed by atoms with E-state index < -0.39 is 0 Å². The summed E-state index contributed by atoms with van der Waals surface area (Å²) in [5, 5.41) is 0. The van der Waals surface area contributed by atoms with E-state index in [-0.39, 0.29) is 40.4 Å². The Morgan fingerprint density at radius 3 is 2.67 bits per heavy atom. The zero-order valence-electron chi connectivity index (χ0n) is 10.6. The number of allylic oxidation sites excluding steroid dienone is 2. The Bertz CT molecular complexity index is 431. The summed E-state index contributed by atoms with van der Waals surface area (Å²) in [6.45, 7) is 7.90. The molecule has 0 fully saturated rings. The summed E-state index contributed by atoms with van der Waals surface area (Å²) in [7, 11) is 0. The Morgan fingerprint density at radius 2 is 2.17 bits per heavy atom. The van der Waals surface area contributed by atoms with Crippen LogP contribution in [0, 0.1) is 53.4 Å². The SMILES string of the molecule is [CH2-]/C(C=O)=C(/SCC=C(C)C)c1[c-]cccc1.[Sm]. The van der Waals surface area contributed by atoms with Crippen molar-refractivity contribution < 1.29 is 45.2 Å². The fraction of sp³-hybridized carbons (Fsp3) is 0.200. The van der Waals surface area contributed by atoms with Crippen molar-refractivity contribution in [2.75, 3.05) is 5.75 Å². The molecule has 0 saturated heterocycles. The molecule has 0 radical (unpaired) electrons. The van der Waals surface area contributed by atoms with E-state index in [1.165, 1.54) is 5.57 Å². The molecule has 1 rings (SSSR count). The maximum atomic E-state index is 10.9. The Kier molecular flexibility index (Phi) is 9.77. The van der Waals surface area contributed by atoms with E-state index in [1.54, 1.807) is 11.8 Å². The number of thioether (sulfide) groups is 1. The van der Waals surface area contributed by atoms with Crippen molar-refractivity contribution in [3.63, 3.8) is 0 Å². The smallest absolute Gasteiger partial charge is 0.0404 e. The molecule has 1 aromatic carbocycles. The third-order valence-electron chi connectivity index (χ3n) is 2.11. The summed E-state index contributed by atoms with van der Waals surface area (Å²) < 4.78 is 0. The minimum Gasteiger partial charge on any atom is -0.374 e. The van der Waals surface area contributed by atoms with Gasteiger partial charge in [-0.2, -0.15) is 18.7 Å².